The van der Waals surface area contributed by atoms with E-state index in [2.05, 4.69) is 72.6 Å². The molecule has 1 saturated carbocycles. The Morgan fingerprint density at radius 1 is 0.875 bits per heavy atom. The van der Waals surface area contributed by atoms with E-state index < -0.39 is 0 Å². The van der Waals surface area contributed by atoms with Crippen LogP contribution in [-0.2, 0) is 4.79 Å². The second kappa shape index (κ2) is 7.63. The van der Waals surface area contributed by atoms with Gasteiger partial charge in [0.15, 0.2) is 0 Å². The molecule has 0 radical (unpaired) electrons. The van der Waals surface area contributed by atoms with E-state index in [-0.39, 0.29) is 11.9 Å². The second-order valence-electron chi connectivity index (χ2n) is 6.43. The first-order chi connectivity index (χ1) is 11.7. The molecule has 2 aromatic rings. The molecule has 1 N–H and O–H groups in total. The number of amides is 1. The van der Waals surface area contributed by atoms with Gasteiger partial charge in [-0.25, -0.2) is 0 Å². The van der Waals surface area contributed by atoms with Crippen LogP contribution in [0.15, 0.2) is 60.7 Å². The summed E-state index contributed by atoms with van der Waals surface area (Å²) in [5.41, 5.74) is 2.61. The predicted octanol–water partition coefficient (Wildman–Crippen LogP) is 3.39. The van der Waals surface area contributed by atoms with Crippen LogP contribution in [0.1, 0.15) is 36.8 Å². The van der Waals surface area contributed by atoms with Gasteiger partial charge in [0.2, 0.25) is 5.91 Å². The Morgan fingerprint density at radius 3 is 1.75 bits per heavy atom. The monoisotopic (exact) mass is 322 g/mol. The van der Waals surface area contributed by atoms with Gasteiger partial charge < -0.3 is 5.32 Å². The van der Waals surface area contributed by atoms with Crippen molar-refractivity contribution in [2.75, 3.05) is 19.6 Å². The lowest BCUT2D eigenvalue weighted by Gasteiger charge is -2.17. The number of rotatable bonds is 7. The smallest absolute Gasteiger partial charge is 0.234 e. The summed E-state index contributed by atoms with van der Waals surface area (Å²) in [5, 5.41) is 3.27. The molecular formula is C21H26N2O. The molecule has 3 rings (SSSR count). The molecule has 126 valence electrons. The molecule has 0 bridgehead atoms. The minimum absolute atomic E-state index is 0.128. The minimum atomic E-state index is 0.128. The Morgan fingerprint density at radius 2 is 1.33 bits per heavy atom. The summed E-state index contributed by atoms with van der Waals surface area (Å²) in [7, 11) is 0. The van der Waals surface area contributed by atoms with Crippen LogP contribution >= 0.6 is 0 Å². The van der Waals surface area contributed by atoms with Gasteiger partial charge in [-0.2, -0.15) is 0 Å². The van der Waals surface area contributed by atoms with E-state index in [1.54, 1.807) is 0 Å². The van der Waals surface area contributed by atoms with Gasteiger partial charge in [-0.15, -0.1) is 0 Å². The largest absolute Gasteiger partial charge is 0.351 e. The maximum absolute atomic E-state index is 12.4. The van der Waals surface area contributed by atoms with Crippen LogP contribution in [-0.4, -0.2) is 36.5 Å². The zero-order valence-corrected chi connectivity index (χ0v) is 14.5. The Bertz CT molecular complexity index is 607. The van der Waals surface area contributed by atoms with Gasteiger partial charge in [0, 0.05) is 17.9 Å². The number of likely N-dealkylation sites (N-methyl/N-ethyl adjacent to an activating group) is 1. The first-order valence-electron chi connectivity index (χ1n) is 8.86. The van der Waals surface area contributed by atoms with Gasteiger partial charge >= 0.3 is 0 Å². The van der Waals surface area contributed by atoms with Crippen molar-refractivity contribution in [3.63, 3.8) is 0 Å². The molecule has 0 spiro atoms. The Kier molecular flexibility index (Phi) is 5.31. The predicted molar refractivity (Wildman–Crippen MR) is 98.1 cm³/mol. The van der Waals surface area contributed by atoms with Gasteiger partial charge in [-0.3, -0.25) is 9.69 Å². The molecule has 2 aromatic carbocycles. The molecule has 1 aliphatic carbocycles. The highest BCUT2D eigenvalue weighted by molar-refractivity contribution is 5.79. The molecule has 0 heterocycles. The molecule has 0 aromatic heterocycles. The summed E-state index contributed by atoms with van der Waals surface area (Å²) in [5.74, 6) is 0.867. The third kappa shape index (κ3) is 3.68. The summed E-state index contributed by atoms with van der Waals surface area (Å²) in [6.45, 7) is 6.46. The average Bonchev–Trinajstić information content (AvgIpc) is 3.34. The fourth-order valence-corrected chi connectivity index (χ4v) is 3.55. The molecule has 0 aliphatic heterocycles. The Balaban J connectivity index is 1.73. The number of nitrogens with zero attached hydrogens (tertiary/aromatic N) is 1. The molecular weight excluding hydrogens is 296 g/mol. The van der Waals surface area contributed by atoms with E-state index in [1.807, 2.05) is 12.1 Å². The molecule has 1 amide bonds. The SMILES string of the molecule is CCN(CC)CC(=O)N[C@@H]1[C@@H](c2ccccc2)[C@H]1c1ccccc1. The lowest BCUT2D eigenvalue weighted by atomic mass is 10.0. The van der Waals surface area contributed by atoms with Crippen molar-refractivity contribution in [3.05, 3.63) is 71.8 Å². The standard InChI is InChI=1S/C21H26N2O/c1-3-23(4-2)15-18(24)22-21-19(16-11-7-5-8-12-16)20(21)17-13-9-6-10-14-17/h5-14,19-21H,3-4,15H2,1-2H3,(H,22,24)/t19-,20+,21+. The van der Waals surface area contributed by atoms with Gasteiger partial charge in [0.1, 0.15) is 0 Å². The van der Waals surface area contributed by atoms with E-state index >= 15 is 0 Å². The second-order valence-corrected chi connectivity index (χ2v) is 6.43. The maximum atomic E-state index is 12.4. The molecule has 3 atom stereocenters. The highest BCUT2D eigenvalue weighted by Crippen LogP contribution is 2.54. The number of benzene rings is 2. The van der Waals surface area contributed by atoms with Crippen molar-refractivity contribution in [1.82, 2.24) is 10.2 Å². The van der Waals surface area contributed by atoms with E-state index in [0.717, 1.165) is 13.1 Å². The summed E-state index contributed by atoms with van der Waals surface area (Å²) < 4.78 is 0. The summed E-state index contributed by atoms with van der Waals surface area (Å²) in [6.07, 6.45) is 0. The third-order valence-electron chi connectivity index (χ3n) is 4.98. The molecule has 3 nitrogen and oxygen atoms in total. The van der Waals surface area contributed by atoms with Gasteiger partial charge in [0.05, 0.1) is 6.54 Å². The molecule has 0 unspecified atom stereocenters. The zero-order valence-electron chi connectivity index (χ0n) is 14.5. The minimum Gasteiger partial charge on any atom is -0.351 e. The molecule has 1 fully saturated rings. The van der Waals surface area contributed by atoms with Crippen molar-refractivity contribution in [2.24, 2.45) is 0 Å². The van der Waals surface area contributed by atoms with Crippen LogP contribution < -0.4 is 5.32 Å². The average molecular weight is 322 g/mol. The summed E-state index contributed by atoms with van der Waals surface area (Å²) >= 11 is 0. The van der Waals surface area contributed by atoms with E-state index in [1.165, 1.54) is 11.1 Å². The topological polar surface area (TPSA) is 32.3 Å². The van der Waals surface area contributed by atoms with Crippen LogP contribution in [0.2, 0.25) is 0 Å². The highest BCUT2D eigenvalue weighted by atomic mass is 16.2. The number of hydrogen-bond acceptors (Lipinski definition) is 2. The summed E-state index contributed by atoms with van der Waals surface area (Å²) in [4.78, 5) is 14.6. The fraction of sp³-hybridized carbons (Fsp3) is 0.381. The van der Waals surface area contributed by atoms with Gasteiger partial charge in [-0.05, 0) is 24.2 Å². The fourth-order valence-electron chi connectivity index (χ4n) is 3.55. The maximum Gasteiger partial charge on any atom is 0.234 e. The van der Waals surface area contributed by atoms with Crippen LogP contribution in [0.3, 0.4) is 0 Å². The molecule has 0 saturated heterocycles. The zero-order chi connectivity index (χ0) is 16.9. The number of hydrogen-bond donors (Lipinski definition) is 1. The van der Waals surface area contributed by atoms with Crippen molar-refractivity contribution in [3.8, 4) is 0 Å². The molecule has 1 aliphatic rings. The van der Waals surface area contributed by atoms with Crippen molar-refractivity contribution >= 4 is 5.91 Å². The quantitative estimate of drug-likeness (QED) is 0.847. The van der Waals surface area contributed by atoms with Crippen molar-refractivity contribution < 1.29 is 4.79 Å². The van der Waals surface area contributed by atoms with Crippen LogP contribution in [0, 0.1) is 0 Å². The lowest BCUT2D eigenvalue weighted by molar-refractivity contribution is -0.122. The van der Waals surface area contributed by atoms with Gasteiger partial charge in [-0.1, -0.05) is 74.5 Å². The van der Waals surface area contributed by atoms with Gasteiger partial charge in [0.25, 0.3) is 0 Å². The Hall–Kier alpha value is -2.13. The number of carbonyl (C=O) groups excluding carboxylic acids is 1. The molecule has 3 heteroatoms. The van der Waals surface area contributed by atoms with Crippen molar-refractivity contribution in [2.45, 2.75) is 31.7 Å². The first kappa shape index (κ1) is 16.7. The normalized spacial score (nSPS) is 22.4. The van der Waals surface area contributed by atoms with Crippen LogP contribution in [0.4, 0.5) is 0 Å². The van der Waals surface area contributed by atoms with Crippen LogP contribution in [0.5, 0.6) is 0 Å². The number of carbonyl (C=O) groups is 1. The van der Waals surface area contributed by atoms with E-state index in [0.29, 0.717) is 18.4 Å². The first-order valence-corrected chi connectivity index (χ1v) is 8.86. The lowest BCUT2D eigenvalue weighted by Crippen LogP contribution is -2.38. The number of nitrogens with one attached hydrogen (secondary N) is 1. The van der Waals surface area contributed by atoms with E-state index in [4.69, 9.17) is 0 Å². The van der Waals surface area contributed by atoms with E-state index in [9.17, 15) is 4.79 Å². The Labute approximate surface area is 144 Å². The van der Waals surface area contributed by atoms with Crippen molar-refractivity contribution in [1.29, 1.82) is 0 Å². The third-order valence-corrected chi connectivity index (χ3v) is 4.98. The molecule has 24 heavy (non-hydrogen) atoms. The van der Waals surface area contributed by atoms with Crippen LogP contribution in [0.25, 0.3) is 0 Å². The highest BCUT2D eigenvalue weighted by Gasteiger charge is 2.52. The summed E-state index contributed by atoms with van der Waals surface area (Å²) in [6, 6.07) is 21.2.